The van der Waals surface area contributed by atoms with Crippen molar-refractivity contribution in [3.63, 3.8) is 0 Å². The fourth-order valence-electron chi connectivity index (χ4n) is 2.98. The molecule has 3 rings (SSSR count). The highest BCUT2D eigenvalue weighted by Gasteiger charge is 2.19. The number of nitrogens with zero attached hydrogens (tertiary/aromatic N) is 2. The van der Waals surface area contributed by atoms with Gasteiger partial charge >= 0.3 is 0 Å². The second-order valence-corrected chi connectivity index (χ2v) is 6.70. The number of amides is 1. The molecule has 2 aromatic carbocycles. The molecule has 2 aromatic rings. The number of nitrogens with one attached hydrogen (secondary N) is 1. The van der Waals surface area contributed by atoms with Gasteiger partial charge in [-0.05, 0) is 31.3 Å². The van der Waals surface area contributed by atoms with Gasteiger partial charge in [0.1, 0.15) is 5.75 Å². The minimum absolute atomic E-state index is 0.0134. The highest BCUT2D eigenvalue weighted by molar-refractivity contribution is 6.06. The van der Waals surface area contributed by atoms with Crippen LogP contribution in [0.2, 0.25) is 0 Å². The van der Waals surface area contributed by atoms with E-state index in [1.54, 1.807) is 30.3 Å². The maximum atomic E-state index is 12.7. The number of rotatable bonds is 7. The molecule has 0 aromatic heterocycles. The van der Waals surface area contributed by atoms with Gasteiger partial charge in [0, 0.05) is 31.7 Å². The number of piperazine rings is 1. The molecule has 0 atom stereocenters. The number of ketones is 1. The van der Waals surface area contributed by atoms with E-state index >= 15 is 0 Å². The first-order valence-electron chi connectivity index (χ1n) is 9.12. The predicted molar refractivity (Wildman–Crippen MR) is 105 cm³/mol. The van der Waals surface area contributed by atoms with Gasteiger partial charge in [-0.1, -0.05) is 30.3 Å². The molecule has 1 saturated heterocycles. The Kier molecular flexibility index (Phi) is 6.57. The number of ether oxygens (including phenoxy) is 1. The summed E-state index contributed by atoms with van der Waals surface area (Å²) in [6.45, 7) is 3.93. The van der Waals surface area contributed by atoms with E-state index in [9.17, 15) is 9.59 Å². The Morgan fingerprint density at radius 1 is 0.963 bits per heavy atom. The van der Waals surface area contributed by atoms with Crippen LogP contribution < -0.4 is 10.1 Å². The maximum Gasteiger partial charge on any atom is 0.262 e. The van der Waals surface area contributed by atoms with E-state index in [1.807, 2.05) is 24.3 Å². The Labute approximate surface area is 159 Å². The van der Waals surface area contributed by atoms with Crippen molar-refractivity contribution in [1.82, 2.24) is 9.80 Å². The molecule has 0 unspecified atom stereocenters. The normalized spacial score (nSPS) is 15.3. The van der Waals surface area contributed by atoms with Gasteiger partial charge in [0.15, 0.2) is 12.4 Å². The zero-order valence-corrected chi connectivity index (χ0v) is 15.6. The zero-order chi connectivity index (χ0) is 19.1. The number of Topliss-reactive ketones (excluding diaryl/α,β-unsaturated/α-hetero) is 1. The molecule has 142 valence electrons. The lowest BCUT2D eigenvalue weighted by molar-refractivity contribution is -0.118. The highest BCUT2D eigenvalue weighted by atomic mass is 16.5. The SMILES string of the molecule is CN1CCN(CC(=O)c2ccccc2NC(=O)COc2ccccc2)CC1. The quantitative estimate of drug-likeness (QED) is 0.760. The first-order chi connectivity index (χ1) is 13.1. The molecule has 0 saturated carbocycles. The lowest BCUT2D eigenvalue weighted by Crippen LogP contribution is -2.46. The number of para-hydroxylation sites is 2. The number of carbonyl (C=O) groups excluding carboxylic acids is 2. The highest BCUT2D eigenvalue weighted by Crippen LogP contribution is 2.17. The van der Waals surface area contributed by atoms with E-state index in [2.05, 4.69) is 22.2 Å². The summed E-state index contributed by atoms with van der Waals surface area (Å²) < 4.78 is 5.46. The summed E-state index contributed by atoms with van der Waals surface area (Å²) >= 11 is 0. The van der Waals surface area contributed by atoms with Crippen molar-refractivity contribution in [3.8, 4) is 5.75 Å². The van der Waals surface area contributed by atoms with Gasteiger partial charge in [0.2, 0.25) is 0 Å². The Hall–Kier alpha value is -2.70. The molecular weight excluding hydrogens is 342 g/mol. The van der Waals surface area contributed by atoms with Crippen molar-refractivity contribution in [2.45, 2.75) is 0 Å². The van der Waals surface area contributed by atoms with Crippen LogP contribution in [0.15, 0.2) is 54.6 Å². The first-order valence-corrected chi connectivity index (χ1v) is 9.12. The van der Waals surface area contributed by atoms with Gasteiger partial charge in [-0.25, -0.2) is 0 Å². The molecule has 0 bridgehead atoms. The van der Waals surface area contributed by atoms with Crippen LogP contribution in [-0.2, 0) is 4.79 Å². The standard InChI is InChI=1S/C21H25N3O3/c1-23-11-13-24(14-12-23)15-20(25)18-9-5-6-10-19(18)22-21(26)16-27-17-7-3-2-4-8-17/h2-10H,11-16H2,1H3,(H,22,26). The molecule has 1 fully saturated rings. The second kappa shape index (κ2) is 9.30. The fraction of sp³-hybridized carbons (Fsp3) is 0.333. The van der Waals surface area contributed by atoms with Crippen LogP contribution in [-0.4, -0.2) is 67.9 Å². The maximum absolute atomic E-state index is 12.7. The van der Waals surface area contributed by atoms with Crippen molar-refractivity contribution >= 4 is 17.4 Å². The largest absolute Gasteiger partial charge is 0.484 e. The Morgan fingerprint density at radius 2 is 1.63 bits per heavy atom. The molecule has 0 aliphatic carbocycles. The topological polar surface area (TPSA) is 61.9 Å². The molecule has 1 heterocycles. The summed E-state index contributed by atoms with van der Waals surface area (Å²) in [5.41, 5.74) is 1.06. The number of hydrogen-bond donors (Lipinski definition) is 1. The van der Waals surface area contributed by atoms with Crippen molar-refractivity contribution in [2.75, 3.05) is 51.7 Å². The molecular formula is C21H25N3O3. The van der Waals surface area contributed by atoms with E-state index in [1.165, 1.54) is 0 Å². The van der Waals surface area contributed by atoms with Crippen molar-refractivity contribution in [1.29, 1.82) is 0 Å². The van der Waals surface area contributed by atoms with Gasteiger partial charge in [-0.3, -0.25) is 14.5 Å². The summed E-state index contributed by atoms with van der Waals surface area (Å²) in [6.07, 6.45) is 0. The molecule has 6 nitrogen and oxygen atoms in total. The monoisotopic (exact) mass is 367 g/mol. The Balaban J connectivity index is 1.58. The molecule has 1 aliphatic rings. The second-order valence-electron chi connectivity index (χ2n) is 6.70. The number of carbonyl (C=O) groups is 2. The van der Waals surface area contributed by atoms with Gasteiger partial charge in [0.25, 0.3) is 5.91 Å². The summed E-state index contributed by atoms with van der Waals surface area (Å²) in [5, 5.41) is 2.79. The van der Waals surface area contributed by atoms with Crippen LogP contribution in [0.3, 0.4) is 0 Å². The van der Waals surface area contributed by atoms with Gasteiger partial charge < -0.3 is 15.0 Å². The van der Waals surface area contributed by atoms with Crippen LogP contribution >= 0.6 is 0 Å². The summed E-state index contributed by atoms with van der Waals surface area (Å²) in [7, 11) is 2.08. The van der Waals surface area contributed by atoms with Crippen molar-refractivity contribution in [2.24, 2.45) is 0 Å². The molecule has 6 heteroatoms. The average Bonchev–Trinajstić information content (AvgIpc) is 2.69. The third-order valence-corrected chi connectivity index (χ3v) is 4.58. The molecule has 1 amide bonds. The van der Waals surface area contributed by atoms with E-state index in [-0.39, 0.29) is 18.3 Å². The van der Waals surface area contributed by atoms with Crippen LogP contribution in [0.1, 0.15) is 10.4 Å². The predicted octanol–water partition coefficient (Wildman–Crippen LogP) is 2.13. The number of anilines is 1. The summed E-state index contributed by atoms with van der Waals surface area (Å²) in [6, 6.07) is 16.3. The van der Waals surface area contributed by atoms with Gasteiger partial charge in [-0.15, -0.1) is 0 Å². The lowest BCUT2D eigenvalue weighted by atomic mass is 10.1. The lowest BCUT2D eigenvalue weighted by Gasteiger charge is -2.31. The third kappa shape index (κ3) is 5.64. The number of hydrogen-bond acceptors (Lipinski definition) is 5. The van der Waals surface area contributed by atoms with E-state index in [0.29, 0.717) is 23.5 Å². The van der Waals surface area contributed by atoms with Gasteiger partial charge in [-0.2, -0.15) is 0 Å². The van der Waals surface area contributed by atoms with E-state index in [0.717, 1.165) is 26.2 Å². The molecule has 0 spiro atoms. The molecule has 0 radical (unpaired) electrons. The molecule has 1 aliphatic heterocycles. The van der Waals surface area contributed by atoms with Gasteiger partial charge in [0.05, 0.1) is 12.2 Å². The molecule has 1 N–H and O–H groups in total. The summed E-state index contributed by atoms with van der Waals surface area (Å²) in [4.78, 5) is 29.4. The number of likely N-dealkylation sites (N-methyl/N-ethyl adjacent to an activating group) is 1. The van der Waals surface area contributed by atoms with E-state index < -0.39 is 0 Å². The zero-order valence-electron chi connectivity index (χ0n) is 15.6. The Morgan fingerprint density at radius 3 is 2.37 bits per heavy atom. The van der Waals surface area contributed by atoms with E-state index in [4.69, 9.17) is 4.74 Å². The third-order valence-electron chi connectivity index (χ3n) is 4.58. The smallest absolute Gasteiger partial charge is 0.262 e. The minimum atomic E-state index is -0.293. The van der Waals surface area contributed by atoms with Crippen molar-refractivity contribution in [3.05, 3.63) is 60.2 Å². The van der Waals surface area contributed by atoms with Crippen molar-refractivity contribution < 1.29 is 14.3 Å². The minimum Gasteiger partial charge on any atom is -0.484 e. The van der Waals surface area contributed by atoms with Crippen LogP contribution in [0, 0.1) is 0 Å². The number of benzene rings is 2. The molecule has 27 heavy (non-hydrogen) atoms. The Bertz CT molecular complexity index is 771. The first kappa shape index (κ1) is 19.1. The van der Waals surface area contributed by atoms with Crippen LogP contribution in [0.25, 0.3) is 0 Å². The average molecular weight is 367 g/mol. The summed E-state index contributed by atoms with van der Waals surface area (Å²) in [5.74, 6) is 0.352. The fourth-order valence-corrected chi connectivity index (χ4v) is 2.98. The van der Waals surface area contributed by atoms with Crippen LogP contribution in [0.4, 0.5) is 5.69 Å². The van der Waals surface area contributed by atoms with Crippen LogP contribution in [0.5, 0.6) is 5.75 Å².